The number of nitrogens with one attached hydrogen (secondary N) is 2. The zero-order valence-corrected chi connectivity index (χ0v) is 11.1. The van der Waals surface area contributed by atoms with Gasteiger partial charge in [-0.1, -0.05) is 6.07 Å². The summed E-state index contributed by atoms with van der Waals surface area (Å²) < 4.78 is 13.5. The van der Waals surface area contributed by atoms with Crippen molar-refractivity contribution >= 4 is 11.6 Å². The lowest BCUT2D eigenvalue weighted by atomic mass is 10.1. The first kappa shape index (κ1) is 14.4. The Morgan fingerprint density at radius 3 is 2.72 bits per heavy atom. The molecule has 0 aromatic heterocycles. The van der Waals surface area contributed by atoms with E-state index in [9.17, 15) is 9.18 Å². The molecule has 0 unspecified atom stereocenters. The first-order valence-electron chi connectivity index (χ1n) is 5.95. The van der Waals surface area contributed by atoms with Crippen molar-refractivity contribution in [2.75, 3.05) is 39.5 Å². The molecule has 0 spiro atoms. The molecule has 0 radical (unpaired) electrons. The Morgan fingerprint density at radius 2 is 2.11 bits per heavy atom. The lowest BCUT2D eigenvalue weighted by Crippen LogP contribution is -2.27. The molecule has 4 nitrogen and oxygen atoms in total. The molecule has 2 N–H and O–H groups in total. The summed E-state index contributed by atoms with van der Waals surface area (Å²) in [5.74, 6) is -0.670. The summed E-state index contributed by atoms with van der Waals surface area (Å²) in [6.45, 7) is 1.49. The second-order valence-corrected chi connectivity index (χ2v) is 4.33. The van der Waals surface area contributed by atoms with E-state index in [4.69, 9.17) is 0 Å². The molecule has 1 rings (SSSR count). The van der Waals surface area contributed by atoms with Gasteiger partial charge >= 0.3 is 0 Å². The maximum atomic E-state index is 13.5. The number of halogens is 1. The summed E-state index contributed by atoms with van der Waals surface area (Å²) >= 11 is 0. The topological polar surface area (TPSA) is 44.4 Å². The molecule has 0 aliphatic carbocycles. The van der Waals surface area contributed by atoms with Gasteiger partial charge in [0.05, 0.1) is 11.3 Å². The lowest BCUT2D eigenvalue weighted by Gasteiger charge is -2.12. The van der Waals surface area contributed by atoms with Gasteiger partial charge in [0.15, 0.2) is 0 Å². The Balaban J connectivity index is 2.59. The zero-order valence-electron chi connectivity index (χ0n) is 11.1. The Bertz CT molecular complexity index is 407. The van der Waals surface area contributed by atoms with Crippen LogP contribution in [0.3, 0.4) is 0 Å². The summed E-state index contributed by atoms with van der Waals surface area (Å²) in [6.07, 6.45) is 0.864. The highest BCUT2D eigenvalue weighted by Crippen LogP contribution is 2.18. The summed E-state index contributed by atoms with van der Waals surface area (Å²) in [6, 6.07) is 4.47. The summed E-state index contributed by atoms with van der Waals surface area (Å²) in [7, 11) is 5.56. The van der Waals surface area contributed by atoms with E-state index in [-0.39, 0.29) is 11.6 Å². The molecule has 0 fully saturated rings. The molecule has 5 heteroatoms. The number of nitrogens with zero attached hydrogens (tertiary/aromatic N) is 1. The van der Waals surface area contributed by atoms with E-state index in [0.29, 0.717) is 12.1 Å². The van der Waals surface area contributed by atoms with Crippen LogP contribution in [-0.2, 0) is 0 Å². The Hall–Kier alpha value is -1.62. The second-order valence-electron chi connectivity index (χ2n) is 4.33. The van der Waals surface area contributed by atoms with Crippen molar-refractivity contribution in [3.05, 3.63) is 29.6 Å². The van der Waals surface area contributed by atoms with Gasteiger partial charge < -0.3 is 15.5 Å². The summed E-state index contributed by atoms with van der Waals surface area (Å²) in [4.78, 5) is 13.9. The van der Waals surface area contributed by atoms with Gasteiger partial charge in [0, 0.05) is 13.6 Å². The molecule has 1 aromatic rings. The molecule has 1 aromatic carbocycles. The molecule has 1 amide bonds. The molecule has 100 valence electrons. The van der Waals surface area contributed by atoms with Crippen LogP contribution in [0.25, 0.3) is 0 Å². The van der Waals surface area contributed by atoms with Gasteiger partial charge in [-0.2, -0.15) is 0 Å². The number of hydrogen-bond acceptors (Lipinski definition) is 3. The van der Waals surface area contributed by atoms with Crippen molar-refractivity contribution in [1.82, 2.24) is 10.2 Å². The van der Waals surface area contributed by atoms with Gasteiger partial charge in [-0.25, -0.2) is 4.39 Å². The fourth-order valence-corrected chi connectivity index (χ4v) is 1.66. The van der Waals surface area contributed by atoms with E-state index in [1.807, 2.05) is 19.0 Å². The molecule has 0 saturated carbocycles. The number of amides is 1. The minimum absolute atomic E-state index is 0.239. The van der Waals surface area contributed by atoms with E-state index in [1.54, 1.807) is 13.1 Å². The van der Waals surface area contributed by atoms with Gasteiger partial charge in [-0.15, -0.1) is 0 Å². The fourth-order valence-electron chi connectivity index (χ4n) is 1.66. The quantitative estimate of drug-likeness (QED) is 0.756. The molecule has 18 heavy (non-hydrogen) atoms. The van der Waals surface area contributed by atoms with E-state index in [1.165, 1.54) is 12.1 Å². The van der Waals surface area contributed by atoms with Crippen molar-refractivity contribution < 1.29 is 9.18 Å². The molecule has 0 aliphatic rings. The van der Waals surface area contributed by atoms with Crippen LogP contribution in [0.4, 0.5) is 10.1 Å². The Morgan fingerprint density at radius 1 is 1.39 bits per heavy atom. The minimum Gasteiger partial charge on any atom is -0.385 e. The maximum Gasteiger partial charge on any atom is 0.253 e. The number of anilines is 1. The molecular weight excluding hydrogens is 233 g/mol. The third-order valence-corrected chi connectivity index (χ3v) is 2.58. The molecule has 0 atom stereocenters. The molecule has 0 heterocycles. The van der Waals surface area contributed by atoms with Crippen molar-refractivity contribution in [1.29, 1.82) is 0 Å². The molecule has 0 saturated heterocycles. The molecule has 0 bridgehead atoms. The number of hydrogen-bond donors (Lipinski definition) is 2. The molecule has 0 aliphatic heterocycles. The predicted molar refractivity (Wildman–Crippen MR) is 71.5 cm³/mol. The van der Waals surface area contributed by atoms with Crippen LogP contribution in [0.15, 0.2) is 18.2 Å². The average molecular weight is 253 g/mol. The highest BCUT2D eigenvalue weighted by molar-refractivity contribution is 5.99. The van der Waals surface area contributed by atoms with Crippen LogP contribution in [0.2, 0.25) is 0 Å². The van der Waals surface area contributed by atoms with Crippen LogP contribution in [0.5, 0.6) is 0 Å². The van der Waals surface area contributed by atoms with Crippen LogP contribution in [0, 0.1) is 5.82 Å². The van der Waals surface area contributed by atoms with Crippen LogP contribution in [0.1, 0.15) is 16.8 Å². The van der Waals surface area contributed by atoms with Crippen LogP contribution < -0.4 is 10.6 Å². The lowest BCUT2D eigenvalue weighted by molar-refractivity contribution is 0.0952. The number of para-hydroxylation sites is 1. The first-order valence-corrected chi connectivity index (χ1v) is 5.95. The van der Waals surface area contributed by atoms with Crippen molar-refractivity contribution in [3.8, 4) is 0 Å². The Kier molecular flexibility index (Phi) is 5.58. The summed E-state index contributed by atoms with van der Waals surface area (Å²) in [5.41, 5.74) is 0.574. The van der Waals surface area contributed by atoms with E-state index in [2.05, 4.69) is 10.6 Å². The maximum absolute atomic E-state index is 13.5. The normalized spacial score (nSPS) is 10.5. The zero-order chi connectivity index (χ0) is 13.5. The average Bonchev–Trinajstić information content (AvgIpc) is 2.33. The van der Waals surface area contributed by atoms with Crippen molar-refractivity contribution in [3.63, 3.8) is 0 Å². The molecular formula is C13H20FN3O. The highest BCUT2D eigenvalue weighted by atomic mass is 19.1. The van der Waals surface area contributed by atoms with Crippen LogP contribution >= 0.6 is 0 Å². The van der Waals surface area contributed by atoms with E-state index in [0.717, 1.165) is 13.0 Å². The number of carbonyl (C=O) groups is 1. The SMILES string of the molecule is CNc1c(F)cccc1C(=O)NCCCN(C)C. The predicted octanol–water partition coefficient (Wildman–Crippen LogP) is 1.55. The van der Waals surface area contributed by atoms with Gasteiger partial charge in [-0.05, 0) is 39.2 Å². The standard InChI is InChI=1S/C13H20FN3O/c1-15-12-10(6-4-7-11(12)14)13(18)16-8-5-9-17(2)3/h4,6-7,15H,5,8-9H2,1-3H3,(H,16,18). The first-order chi connectivity index (χ1) is 8.56. The minimum atomic E-state index is -0.418. The smallest absolute Gasteiger partial charge is 0.253 e. The monoisotopic (exact) mass is 253 g/mol. The fraction of sp³-hybridized carbons (Fsp3) is 0.462. The van der Waals surface area contributed by atoms with Gasteiger partial charge in [-0.3, -0.25) is 4.79 Å². The van der Waals surface area contributed by atoms with E-state index >= 15 is 0 Å². The highest BCUT2D eigenvalue weighted by Gasteiger charge is 2.13. The van der Waals surface area contributed by atoms with Gasteiger partial charge in [0.1, 0.15) is 5.82 Å². The van der Waals surface area contributed by atoms with Crippen molar-refractivity contribution in [2.24, 2.45) is 0 Å². The van der Waals surface area contributed by atoms with Gasteiger partial charge in [0.2, 0.25) is 0 Å². The third-order valence-electron chi connectivity index (χ3n) is 2.58. The Labute approximate surface area is 107 Å². The van der Waals surface area contributed by atoms with Crippen molar-refractivity contribution in [2.45, 2.75) is 6.42 Å². The number of carbonyl (C=O) groups excluding carboxylic acids is 1. The van der Waals surface area contributed by atoms with Crippen LogP contribution in [-0.4, -0.2) is 45.0 Å². The second kappa shape index (κ2) is 6.96. The number of rotatable bonds is 6. The third kappa shape index (κ3) is 4.00. The summed E-state index contributed by atoms with van der Waals surface area (Å²) in [5, 5.41) is 5.49. The van der Waals surface area contributed by atoms with E-state index < -0.39 is 5.82 Å². The number of benzene rings is 1. The largest absolute Gasteiger partial charge is 0.385 e. The van der Waals surface area contributed by atoms with Gasteiger partial charge in [0.25, 0.3) is 5.91 Å².